The normalized spacial score (nSPS) is 10.2. The Bertz CT molecular complexity index is 452. The number of hydrogen-bond acceptors (Lipinski definition) is 4. The van der Waals surface area contributed by atoms with Crippen molar-refractivity contribution in [3.05, 3.63) is 23.4 Å². The van der Waals surface area contributed by atoms with Crippen LogP contribution in [0.3, 0.4) is 0 Å². The summed E-state index contributed by atoms with van der Waals surface area (Å²) in [6.45, 7) is 0. The number of nitriles is 2. The number of nitrogens with one attached hydrogen (secondary N) is 1. The maximum Gasteiger partial charge on any atom is 0.433 e. The molecule has 0 fully saturated rings. The molecule has 1 aromatic heterocycles. The van der Waals surface area contributed by atoms with Gasteiger partial charge in [0.25, 0.3) is 0 Å². The summed E-state index contributed by atoms with van der Waals surface area (Å²) < 4.78 is 36.6. The van der Waals surface area contributed by atoms with Crippen LogP contribution < -0.4 is 5.32 Å². The van der Waals surface area contributed by atoms with Crippen LogP contribution in [0.2, 0.25) is 0 Å². The molecule has 1 heterocycles. The van der Waals surface area contributed by atoms with Gasteiger partial charge >= 0.3 is 6.18 Å². The molecule has 0 aliphatic heterocycles. The molecule has 0 spiro atoms. The lowest BCUT2D eigenvalue weighted by Crippen LogP contribution is -2.10. The highest BCUT2D eigenvalue weighted by Gasteiger charge is 2.33. The van der Waals surface area contributed by atoms with E-state index in [1.807, 2.05) is 5.32 Å². The Kier molecular flexibility index (Phi) is 2.77. The molecule has 0 aliphatic carbocycles. The summed E-state index contributed by atoms with van der Waals surface area (Å²) in [5.41, 5.74) is -1.27. The number of halogens is 3. The average Bonchev–Trinajstić information content (AvgIpc) is 2.17. The van der Waals surface area contributed by atoms with Crippen molar-refractivity contribution < 1.29 is 13.2 Å². The Balaban J connectivity index is 3.25. The number of aromatic nitrogens is 1. The molecule has 0 radical (unpaired) electrons. The fourth-order valence-corrected chi connectivity index (χ4v) is 0.855. The van der Waals surface area contributed by atoms with Crippen LogP contribution in [0.5, 0.6) is 0 Å². The summed E-state index contributed by atoms with van der Waals surface area (Å²) in [5.74, 6) is -0.394. The summed E-state index contributed by atoms with van der Waals surface area (Å²) in [5, 5.41) is 18.7. The molecule has 1 aromatic rings. The van der Waals surface area contributed by atoms with Gasteiger partial charge in [0.15, 0.2) is 12.0 Å². The van der Waals surface area contributed by atoms with E-state index < -0.39 is 17.7 Å². The van der Waals surface area contributed by atoms with E-state index in [1.165, 1.54) is 6.19 Å². The van der Waals surface area contributed by atoms with Gasteiger partial charge in [0.1, 0.15) is 11.8 Å². The number of pyridine rings is 1. The fourth-order valence-electron chi connectivity index (χ4n) is 0.855. The van der Waals surface area contributed by atoms with Crippen molar-refractivity contribution in [3.8, 4) is 12.3 Å². The first-order valence-corrected chi connectivity index (χ1v) is 3.62. The molecule has 0 aromatic carbocycles. The van der Waals surface area contributed by atoms with Crippen LogP contribution in [0.15, 0.2) is 12.1 Å². The van der Waals surface area contributed by atoms with Crippen LogP contribution >= 0.6 is 0 Å². The quantitative estimate of drug-likeness (QED) is 0.569. The third-order valence-electron chi connectivity index (χ3n) is 1.48. The number of anilines is 1. The summed E-state index contributed by atoms with van der Waals surface area (Å²) in [6.07, 6.45) is -3.19. The zero-order valence-electron chi connectivity index (χ0n) is 7.13. The van der Waals surface area contributed by atoms with Crippen molar-refractivity contribution in [2.24, 2.45) is 0 Å². The van der Waals surface area contributed by atoms with E-state index in [1.54, 1.807) is 6.07 Å². The van der Waals surface area contributed by atoms with Gasteiger partial charge in [0.05, 0.1) is 5.56 Å². The lowest BCUT2D eigenvalue weighted by molar-refractivity contribution is -0.141. The Morgan fingerprint density at radius 2 is 1.93 bits per heavy atom. The fraction of sp³-hybridized carbons (Fsp3) is 0.125. The summed E-state index contributed by atoms with van der Waals surface area (Å²) >= 11 is 0. The lowest BCUT2D eigenvalue weighted by atomic mass is 10.2. The third-order valence-corrected chi connectivity index (χ3v) is 1.48. The molecule has 0 aliphatic rings. The molecular weight excluding hydrogens is 209 g/mol. The van der Waals surface area contributed by atoms with Gasteiger partial charge in [0.2, 0.25) is 0 Å². The Morgan fingerprint density at radius 3 is 2.40 bits per heavy atom. The third kappa shape index (κ3) is 2.35. The van der Waals surface area contributed by atoms with Gasteiger partial charge in [0, 0.05) is 0 Å². The number of nitrogens with zero attached hydrogens (tertiary/aromatic N) is 3. The second kappa shape index (κ2) is 3.84. The molecule has 1 rings (SSSR count). The predicted octanol–water partition coefficient (Wildman–Crippen LogP) is 1.87. The number of hydrogen-bond donors (Lipinski definition) is 1. The van der Waals surface area contributed by atoms with Gasteiger partial charge in [-0.2, -0.15) is 23.7 Å². The topological polar surface area (TPSA) is 72.5 Å². The highest BCUT2D eigenvalue weighted by molar-refractivity contribution is 5.54. The molecule has 15 heavy (non-hydrogen) atoms. The Hall–Kier alpha value is -2.28. The standard InChI is InChI=1S/C8H3F3N4/c9-8(10,11)6-2-1-5(3-12)7(15-6)14-4-13/h1-2H,(H,14,15). The molecule has 7 heteroatoms. The minimum absolute atomic E-state index is 0.121. The average molecular weight is 212 g/mol. The first-order valence-electron chi connectivity index (χ1n) is 3.62. The van der Waals surface area contributed by atoms with Crippen molar-refractivity contribution in [1.29, 1.82) is 10.5 Å². The van der Waals surface area contributed by atoms with Gasteiger partial charge in [-0.25, -0.2) is 4.98 Å². The van der Waals surface area contributed by atoms with Gasteiger partial charge < -0.3 is 0 Å². The lowest BCUT2D eigenvalue weighted by Gasteiger charge is -2.07. The highest BCUT2D eigenvalue weighted by Crippen LogP contribution is 2.29. The molecule has 0 saturated heterocycles. The van der Waals surface area contributed by atoms with Gasteiger partial charge in [-0.3, -0.25) is 5.32 Å². The van der Waals surface area contributed by atoms with Crippen LogP contribution in [0.1, 0.15) is 11.3 Å². The van der Waals surface area contributed by atoms with Crippen molar-refractivity contribution in [2.45, 2.75) is 6.18 Å². The molecule has 0 atom stereocenters. The molecular formula is C8H3F3N4. The van der Waals surface area contributed by atoms with Crippen LogP contribution in [0, 0.1) is 22.8 Å². The van der Waals surface area contributed by atoms with Gasteiger partial charge in [-0.1, -0.05) is 0 Å². The first kappa shape index (κ1) is 10.8. The summed E-state index contributed by atoms with van der Waals surface area (Å²) in [4.78, 5) is 3.12. The molecule has 0 unspecified atom stereocenters. The van der Waals surface area contributed by atoms with E-state index in [-0.39, 0.29) is 5.56 Å². The molecule has 0 saturated carbocycles. The van der Waals surface area contributed by atoms with E-state index in [9.17, 15) is 13.2 Å². The van der Waals surface area contributed by atoms with E-state index >= 15 is 0 Å². The largest absolute Gasteiger partial charge is 0.433 e. The minimum Gasteiger partial charge on any atom is -0.276 e. The van der Waals surface area contributed by atoms with E-state index in [4.69, 9.17) is 10.5 Å². The SMILES string of the molecule is N#CNc1nc(C(F)(F)F)ccc1C#N. The van der Waals surface area contributed by atoms with Crippen LogP contribution in [-0.4, -0.2) is 4.98 Å². The summed E-state index contributed by atoms with van der Waals surface area (Å²) in [6, 6.07) is 3.25. The van der Waals surface area contributed by atoms with E-state index in [0.717, 1.165) is 6.07 Å². The molecule has 1 N–H and O–H groups in total. The maximum atomic E-state index is 12.2. The van der Waals surface area contributed by atoms with Crippen molar-refractivity contribution >= 4 is 5.82 Å². The van der Waals surface area contributed by atoms with Crippen LogP contribution in [0.4, 0.5) is 19.0 Å². The predicted molar refractivity (Wildman–Crippen MR) is 43.2 cm³/mol. The van der Waals surface area contributed by atoms with Crippen molar-refractivity contribution in [3.63, 3.8) is 0 Å². The van der Waals surface area contributed by atoms with Gasteiger partial charge in [-0.05, 0) is 12.1 Å². The molecule has 76 valence electrons. The molecule has 4 nitrogen and oxygen atoms in total. The van der Waals surface area contributed by atoms with Crippen LogP contribution in [0.25, 0.3) is 0 Å². The molecule has 0 amide bonds. The minimum atomic E-state index is -4.60. The van der Waals surface area contributed by atoms with Crippen LogP contribution in [-0.2, 0) is 6.18 Å². The van der Waals surface area contributed by atoms with Crippen molar-refractivity contribution in [2.75, 3.05) is 5.32 Å². The van der Waals surface area contributed by atoms with E-state index in [0.29, 0.717) is 6.07 Å². The Morgan fingerprint density at radius 1 is 1.27 bits per heavy atom. The number of rotatable bonds is 1. The zero-order chi connectivity index (χ0) is 11.5. The maximum absolute atomic E-state index is 12.2. The molecule has 0 bridgehead atoms. The number of alkyl halides is 3. The summed E-state index contributed by atoms with van der Waals surface area (Å²) in [7, 11) is 0. The van der Waals surface area contributed by atoms with Gasteiger partial charge in [-0.15, -0.1) is 0 Å². The second-order valence-electron chi connectivity index (χ2n) is 2.44. The smallest absolute Gasteiger partial charge is 0.276 e. The Labute approximate surface area is 82.6 Å². The zero-order valence-corrected chi connectivity index (χ0v) is 7.13. The highest BCUT2D eigenvalue weighted by atomic mass is 19.4. The second-order valence-corrected chi connectivity index (χ2v) is 2.44. The first-order chi connectivity index (χ1) is 6.99. The monoisotopic (exact) mass is 212 g/mol. The van der Waals surface area contributed by atoms with E-state index in [2.05, 4.69) is 4.98 Å². The van der Waals surface area contributed by atoms with Crippen molar-refractivity contribution in [1.82, 2.24) is 4.98 Å².